The lowest BCUT2D eigenvalue weighted by Gasteiger charge is -2.09. The van der Waals surface area contributed by atoms with E-state index in [1.165, 1.54) is 4.68 Å². The zero-order valence-corrected chi connectivity index (χ0v) is 13.6. The fraction of sp³-hybridized carbons (Fsp3) is 0.0476. The van der Waals surface area contributed by atoms with Crippen molar-refractivity contribution in [3.05, 3.63) is 77.1 Å². The monoisotopic (exact) mass is 326 g/mol. The van der Waals surface area contributed by atoms with E-state index in [1.54, 1.807) is 7.05 Å². The molecule has 25 heavy (non-hydrogen) atoms. The van der Waals surface area contributed by atoms with Gasteiger partial charge in [0.2, 0.25) is 0 Å². The van der Waals surface area contributed by atoms with Gasteiger partial charge in [-0.25, -0.2) is 4.68 Å². The zero-order chi connectivity index (χ0) is 17.0. The summed E-state index contributed by atoms with van der Waals surface area (Å²) in [4.78, 5) is 12.7. The first-order valence-electron chi connectivity index (χ1n) is 8.10. The highest BCUT2D eigenvalue weighted by molar-refractivity contribution is 5.98. The van der Waals surface area contributed by atoms with Crippen LogP contribution in [0.1, 0.15) is 0 Å². The summed E-state index contributed by atoms with van der Waals surface area (Å²) in [5, 5.41) is 7.53. The third-order valence-electron chi connectivity index (χ3n) is 4.59. The van der Waals surface area contributed by atoms with Gasteiger partial charge in [0.1, 0.15) is 22.6 Å². The van der Waals surface area contributed by atoms with Crippen LogP contribution < -0.4 is 5.56 Å². The fourth-order valence-electron chi connectivity index (χ4n) is 3.35. The number of aromatic nitrogens is 2. The molecular formula is C21H14N2O2. The van der Waals surface area contributed by atoms with E-state index >= 15 is 0 Å². The van der Waals surface area contributed by atoms with E-state index in [4.69, 9.17) is 4.42 Å². The van der Waals surface area contributed by atoms with Crippen molar-refractivity contribution in [2.24, 2.45) is 7.05 Å². The Labute approximate surface area is 143 Å². The molecule has 0 unspecified atom stereocenters. The second kappa shape index (κ2) is 5.05. The molecule has 2 aliphatic heterocycles. The predicted octanol–water partition coefficient (Wildman–Crippen LogP) is 4.45. The Morgan fingerprint density at radius 1 is 0.920 bits per heavy atom. The third kappa shape index (κ3) is 2.01. The molecule has 4 heteroatoms. The van der Waals surface area contributed by atoms with Gasteiger partial charge in [-0.05, 0) is 29.0 Å². The molecule has 0 saturated carbocycles. The Bertz CT molecular complexity index is 1280. The maximum absolute atomic E-state index is 12.7. The molecule has 0 N–H and O–H groups in total. The smallest absolute Gasteiger partial charge is 0.279 e. The van der Waals surface area contributed by atoms with Crippen LogP contribution in [0.2, 0.25) is 0 Å². The first-order valence-corrected chi connectivity index (χ1v) is 8.10. The molecule has 0 fully saturated rings. The summed E-state index contributed by atoms with van der Waals surface area (Å²) in [5.74, 6) is 0.567. The standard InChI is InChI=1S/C21H14N2O2/c1-23-21(24)18-19(22-23)16-8-4-5-9-17(16)25-20(18)15-11-10-13-6-2-3-7-14(13)12-15/h2-12H,1H3. The minimum atomic E-state index is -0.146. The van der Waals surface area contributed by atoms with Gasteiger partial charge in [-0.2, -0.15) is 5.10 Å². The van der Waals surface area contributed by atoms with Crippen LogP contribution in [0.25, 0.3) is 44.3 Å². The number of hydrogen-bond acceptors (Lipinski definition) is 3. The summed E-state index contributed by atoms with van der Waals surface area (Å²) in [6.45, 7) is 0. The topological polar surface area (TPSA) is 48.0 Å². The van der Waals surface area contributed by atoms with Crippen LogP contribution in [-0.4, -0.2) is 9.78 Å². The average molecular weight is 326 g/mol. The van der Waals surface area contributed by atoms with Gasteiger partial charge >= 0.3 is 0 Å². The zero-order valence-electron chi connectivity index (χ0n) is 13.6. The van der Waals surface area contributed by atoms with Crippen molar-refractivity contribution in [1.29, 1.82) is 0 Å². The van der Waals surface area contributed by atoms with Crippen molar-refractivity contribution in [3.8, 4) is 22.6 Å². The van der Waals surface area contributed by atoms with Gasteiger partial charge in [0.15, 0.2) is 0 Å². The SMILES string of the molecule is Cn1nc2c3ccccc3oc(-c3ccc4ccccc4c3)c-2c1=O. The Morgan fingerprint density at radius 3 is 2.56 bits per heavy atom. The normalized spacial score (nSPS) is 11.6. The largest absolute Gasteiger partial charge is 0.455 e. The minimum absolute atomic E-state index is 0.146. The Hall–Kier alpha value is -3.40. The molecule has 0 radical (unpaired) electrons. The molecule has 0 amide bonds. The molecule has 0 atom stereocenters. The second-order valence-electron chi connectivity index (χ2n) is 6.14. The molecule has 0 spiro atoms. The summed E-state index contributed by atoms with van der Waals surface area (Å²) < 4.78 is 7.52. The van der Waals surface area contributed by atoms with Crippen molar-refractivity contribution < 1.29 is 4.42 Å². The number of rotatable bonds is 1. The molecule has 3 aromatic carbocycles. The highest BCUT2D eigenvalue weighted by atomic mass is 16.3. The van der Waals surface area contributed by atoms with Crippen LogP contribution in [0.3, 0.4) is 0 Å². The van der Waals surface area contributed by atoms with E-state index in [0.717, 1.165) is 27.3 Å². The van der Waals surface area contributed by atoms with Crippen molar-refractivity contribution in [2.75, 3.05) is 0 Å². The number of aryl methyl sites for hydroxylation is 1. The molecule has 4 nitrogen and oxygen atoms in total. The Balaban J connectivity index is 1.91. The second-order valence-corrected chi connectivity index (χ2v) is 6.14. The van der Waals surface area contributed by atoms with Gasteiger partial charge in [-0.3, -0.25) is 4.79 Å². The van der Waals surface area contributed by atoms with Gasteiger partial charge in [0, 0.05) is 18.0 Å². The number of para-hydroxylation sites is 1. The summed E-state index contributed by atoms with van der Waals surface area (Å²) in [7, 11) is 1.67. The summed E-state index contributed by atoms with van der Waals surface area (Å²) in [5.41, 5.74) is 2.65. The van der Waals surface area contributed by atoms with Crippen LogP contribution >= 0.6 is 0 Å². The van der Waals surface area contributed by atoms with Crippen molar-refractivity contribution >= 4 is 21.7 Å². The Kier molecular flexibility index (Phi) is 2.82. The molecule has 0 bridgehead atoms. The summed E-state index contributed by atoms with van der Waals surface area (Å²) in [6, 6.07) is 21.9. The molecule has 0 saturated heterocycles. The van der Waals surface area contributed by atoms with E-state index < -0.39 is 0 Å². The van der Waals surface area contributed by atoms with E-state index in [1.807, 2.05) is 48.5 Å². The molecule has 3 aromatic rings. The fourth-order valence-corrected chi connectivity index (χ4v) is 3.35. The average Bonchev–Trinajstić information content (AvgIpc) is 2.96. The predicted molar refractivity (Wildman–Crippen MR) is 98.8 cm³/mol. The minimum Gasteiger partial charge on any atom is -0.455 e. The summed E-state index contributed by atoms with van der Waals surface area (Å²) >= 11 is 0. The molecule has 5 rings (SSSR count). The number of hydrogen-bond donors (Lipinski definition) is 0. The lowest BCUT2D eigenvalue weighted by atomic mass is 10.00. The summed E-state index contributed by atoms with van der Waals surface area (Å²) in [6.07, 6.45) is 0. The first kappa shape index (κ1) is 14.0. The lowest BCUT2D eigenvalue weighted by molar-refractivity contribution is 0.621. The van der Waals surface area contributed by atoms with Gasteiger partial charge in [0.05, 0.1) is 0 Å². The lowest BCUT2D eigenvalue weighted by Crippen LogP contribution is -2.12. The van der Waals surface area contributed by atoms with Gasteiger partial charge in [0.25, 0.3) is 5.56 Å². The van der Waals surface area contributed by atoms with Crippen LogP contribution in [0.15, 0.2) is 75.9 Å². The van der Waals surface area contributed by atoms with Crippen molar-refractivity contribution in [2.45, 2.75) is 0 Å². The quantitative estimate of drug-likeness (QED) is 0.457. The first-order chi connectivity index (χ1) is 12.2. The molecule has 0 aromatic heterocycles. The molecule has 2 heterocycles. The van der Waals surface area contributed by atoms with Crippen molar-refractivity contribution in [1.82, 2.24) is 9.78 Å². The van der Waals surface area contributed by atoms with E-state index in [-0.39, 0.29) is 5.56 Å². The molecule has 120 valence electrons. The maximum atomic E-state index is 12.7. The molecular weight excluding hydrogens is 312 g/mol. The third-order valence-corrected chi connectivity index (χ3v) is 4.59. The van der Waals surface area contributed by atoms with Crippen LogP contribution in [0, 0.1) is 0 Å². The van der Waals surface area contributed by atoms with Crippen LogP contribution in [0.4, 0.5) is 0 Å². The van der Waals surface area contributed by atoms with E-state index in [9.17, 15) is 4.79 Å². The van der Waals surface area contributed by atoms with Crippen LogP contribution in [0.5, 0.6) is 0 Å². The van der Waals surface area contributed by atoms with Crippen molar-refractivity contribution in [3.63, 3.8) is 0 Å². The highest BCUT2D eigenvalue weighted by Gasteiger charge is 2.24. The Morgan fingerprint density at radius 2 is 1.68 bits per heavy atom. The van der Waals surface area contributed by atoms with E-state index in [2.05, 4.69) is 23.3 Å². The number of fused-ring (bicyclic) bond motifs is 4. The van der Waals surface area contributed by atoms with Gasteiger partial charge in [-0.15, -0.1) is 0 Å². The van der Waals surface area contributed by atoms with Gasteiger partial charge in [-0.1, -0.05) is 48.5 Å². The van der Waals surface area contributed by atoms with Gasteiger partial charge < -0.3 is 4.42 Å². The maximum Gasteiger partial charge on any atom is 0.279 e. The number of benzene rings is 3. The van der Waals surface area contributed by atoms with E-state index in [0.29, 0.717) is 17.0 Å². The highest BCUT2D eigenvalue weighted by Crippen LogP contribution is 2.37. The molecule has 2 aliphatic rings. The molecule has 0 aliphatic carbocycles. The number of nitrogens with zero attached hydrogens (tertiary/aromatic N) is 2. The van der Waals surface area contributed by atoms with Crippen LogP contribution in [-0.2, 0) is 7.05 Å².